The van der Waals surface area contributed by atoms with Crippen molar-refractivity contribution in [3.8, 4) is 0 Å². The number of hydrogen-bond acceptors (Lipinski definition) is 7. The number of likely N-dealkylation sites (N-methyl/N-ethyl adjacent to an activating group) is 1. The summed E-state index contributed by atoms with van der Waals surface area (Å²) in [5, 5.41) is 0. The van der Waals surface area contributed by atoms with E-state index < -0.39 is 32.5 Å². The van der Waals surface area contributed by atoms with Crippen LogP contribution < -0.4 is 0 Å². The molecule has 0 aliphatic rings. The molecule has 0 rings (SSSR count). The molecule has 324 valence electrons. The number of phosphoric ester groups is 1. The number of allylic oxidation sites excluding steroid dienone is 10. The van der Waals surface area contributed by atoms with Crippen molar-refractivity contribution in [1.29, 1.82) is 0 Å². The summed E-state index contributed by atoms with van der Waals surface area (Å²) in [5.74, 6) is -0.878. The monoisotopic (exact) mass is 809 g/mol. The predicted octanol–water partition coefficient (Wildman–Crippen LogP) is 12.5. The average Bonchev–Trinajstić information content (AvgIpc) is 3.15. The van der Waals surface area contributed by atoms with E-state index in [1.165, 1.54) is 70.6 Å². The maximum Gasteiger partial charge on any atom is 0.472 e. The van der Waals surface area contributed by atoms with E-state index in [9.17, 15) is 19.0 Å². The minimum Gasteiger partial charge on any atom is -0.462 e. The maximum absolute atomic E-state index is 12.7. The van der Waals surface area contributed by atoms with Gasteiger partial charge in [0.15, 0.2) is 6.10 Å². The number of esters is 2. The van der Waals surface area contributed by atoms with E-state index in [1.807, 2.05) is 27.2 Å². The highest BCUT2D eigenvalue weighted by Gasteiger charge is 2.27. The second kappa shape index (κ2) is 38.2. The molecule has 0 aromatic heterocycles. The van der Waals surface area contributed by atoms with Crippen LogP contribution in [0.2, 0.25) is 0 Å². The Bertz CT molecular complexity index is 1140. The fraction of sp³-hybridized carbons (Fsp3) is 0.739. The molecule has 0 fully saturated rings. The highest BCUT2D eigenvalue weighted by molar-refractivity contribution is 7.47. The Labute approximate surface area is 343 Å². The SMILES string of the molecule is CCCCC/C=C\C/C=C\C/C=C\C/C=C\CCCC(=O)OC(COC(=O)CCCCCCC/C=C\CCCCCCCC)COP(=O)(O)OCC[N+](C)(C)C. The number of phosphoric acid groups is 1. The molecule has 0 saturated heterocycles. The number of hydrogen-bond donors (Lipinski definition) is 1. The molecule has 0 aromatic carbocycles. The van der Waals surface area contributed by atoms with Gasteiger partial charge in [-0.3, -0.25) is 18.6 Å². The molecule has 0 aliphatic heterocycles. The molecule has 9 nitrogen and oxygen atoms in total. The molecule has 0 radical (unpaired) electrons. The molecular weight excluding hydrogens is 725 g/mol. The van der Waals surface area contributed by atoms with E-state index in [-0.39, 0.29) is 26.1 Å². The van der Waals surface area contributed by atoms with Crippen molar-refractivity contribution in [2.75, 3.05) is 47.5 Å². The van der Waals surface area contributed by atoms with Gasteiger partial charge in [0.05, 0.1) is 27.7 Å². The molecule has 0 spiro atoms. The van der Waals surface area contributed by atoms with Crippen LogP contribution >= 0.6 is 7.82 Å². The van der Waals surface area contributed by atoms with Crippen LogP contribution in [-0.2, 0) is 32.7 Å². The highest BCUT2D eigenvalue weighted by atomic mass is 31.2. The van der Waals surface area contributed by atoms with E-state index in [0.29, 0.717) is 23.9 Å². The summed E-state index contributed by atoms with van der Waals surface area (Å²) < 4.78 is 34.2. The van der Waals surface area contributed by atoms with Gasteiger partial charge in [0.1, 0.15) is 19.8 Å². The lowest BCUT2D eigenvalue weighted by Gasteiger charge is -2.24. The molecule has 56 heavy (non-hydrogen) atoms. The maximum atomic E-state index is 12.7. The normalized spacial score (nSPS) is 14.2. The molecule has 0 heterocycles. The molecule has 2 unspecified atom stereocenters. The van der Waals surface area contributed by atoms with Crippen LogP contribution in [0.15, 0.2) is 60.8 Å². The van der Waals surface area contributed by atoms with Crippen LogP contribution in [0, 0.1) is 0 Å². The minimum absolute atomic E-state index is 0.0180. The summed E-state index contributed by atoms with van der Waals surface area (Å²) in [6, 6.07) is 0. The number of quaternary nitrogens is 1. The summed E-state index contributed by atoms with van der Waals surface area (Å²) in [4.78, 5) is 35.3. The van der Waals surface area contributed by atoms with Crippen LogP contribution in [0.25, 0.3) is 0 Å². The Morgan fingerprint density at radius 3 is 1.54 bits per heavy atom. The Balaban J connectivity index is 4.49. The molecule has 1 N–H and O–H groups in total. The van der Waals surface area contributed by atoms with Crippen molar-refractivity contribution in [2.24, 2.45) is 0 Å². The second-order valence-electron chi connectivity index (χ2n) is 15.7. The van der Waals surface area contributed by atoms with Crippen LogP contribution in [-0.4, -0.2) is 74.9 Å². The van der Waals surface area contributed by atoms with Gasteiger partial charge in [-0.25, -0.2) is 4.57 Å². The van der Waals surface area contributed by atoms with Gasteiger partial charge < -0.3 is 18.9 Å². The lowest BCUT2D eigenvalue weighted by Crippen LogP contribution is -2.37. The molecule has 0 amide bonds. The third kappa shape index (κ3) is 41.3. The molecule has 0 aliphatic carbocycles. The zero-order valence-electron chi connectivity index (χ0n) is 36.3. The third-order valence-corrected chi connectivity index (χ3v) is 10.0. The number of carbonyl (C=O) groups is 2. The predicted molar refractivity (Wildman–Crippen MR) is 233 cm³/mol. The van der Waals surface area contributed by atoms with Crippen molar-refractivity contribution >= 4 is 19.8 Å². The summed E-state index contributed by atoms with van der Waals surface area (Å²) in [5.41, 5.74) is 0. The number of unbranched alkanes of at least 4 members (excludes halogenated alkanes) is 15. The second-order valence-corrected chi connectivity index (χ2v) is 17.2. The lowest BCUT2D eigenvalue weighted by atomic mass is 10.1. The molecule has 10 heteroatoms. The molecule has 0 bridgehead atoms. The summed E-state index contributed by atoms with van der Waals surface area (Å²) in [6.07, 6.45) is 45.6. The van der Waals surface area contributed by atoms with E-state index in [0.717, 1.165) is 57.8 Å². The zero-order valence-corrected chi connectivity index (χ0v) is 37.2. The van der Waals surface area contributed by atoms with Gasteiger partial charge in [-0.1, -0.05) is 139 Å². The average molecular weight is 809 g/mol. The van der Waals surface area contributed by atoms with E-state index in [4.69, 9.17) is 18.5 Å². The van der Waals surface area contributed by atoms with Gasteiger partial charge in [-0.15, -0.1) is 0 Å². The van der Waals surface area contributed by atoms with Crippen molar-refractivity contribution in [1.82, 2.24) is 0 Å². The van der Waals surface area contributed by atoms with Gasteiger partial charge in [0.25, 0.3) is 0 Å². The first-order chi connectivity index (χ1) is 27.0. The van der Waals surface area contributed by atoms with Gasteiger partial charge >= 0.3 is 19.8 Å². The first-order valence-electron chi connectivity index (χ1n) is 22.0. The van der Waals surface area contributed by atoms with Crippen molar-refractivity contribution in [2.45, 2.75) is 174 Å². The highest BCUT2D eigenvalue weighted by Crippen LogP contribution is 2.43. The van der Waals surface area contributed by atoms with Crippen molar-refractivity contribution in [3.05, 3.63) is 60.8 Å². The van der Waals surface area contributed by atoms with Crippen molar-refractivity contribution in [3.63, 3.8) is 0 Å². The number of carbonyl (C=O) groups excluding carboxylic acids is 2. The number of rotatable bonds is 39. The van der Waals surface area contributed by atoms with Crippen LogP contribution in [0.1, 0.15) is 168 Å². The summed E-state index contributed by atoms with van der Waals surface area (Å²) >= 11 is 0. The first kappa shape index (κ1) is 53.7. The molecule has 2 atom stereocenters. The number of ether oxygens (including phenoxy) is 2. The Morgan fingerprint density at radius 1 is 0.554 bits per heavy atom. The third-order valence-electron chi connectivity index (χ3n) is 9.02. The van der Waals surface area contributed by atoms with E-state index >= 15 is 0 Å². The Hall–Kier alpha value is -2.29. The topological polar surface area (TPSA) is 108 Å². The molecule has 0 saturated carbocycles. The Kier molecular flexibility index (Phi) is 36.7. The van der Waals surface area contributed by atoms with Gasteiger partial charge in [-0.2, -0.15) is 0 Å². The van der Waals surface area contributed by atoms with E-state index in [2.05, 4.69) is 68.5 Å². The van der Waals surface area contributed by atoms with Crippen LogP contribution in [0.5, 0.6) is 0 Å². The molecule has 0 aromatic rings. The fourth-order valence-electron chi connectivity index (χ4n) is 5.53. The first-order valence-corrected chi connectivity index (χ1v) is 23.5. The quantitative estimate of drug-likeness (QED) is 0.0215. The van der Waals surface area contributed by atoms with Gasteiger partial charge in [0, 0.05) is 12.8 Å². The van der Waals surface area contributed by atoms with Crippen LogP contribution in [0.3, 0.4) is 0 Å². The zero-order chi connectivity index (χ0) is 41.4. The largest absolute Gasteiger partial charge is 0.472 e. The van der Waals surface area contributed by atoms with Gasteiger partial charge in [0.2, 0.25) is 0 Å². The minimum atomic E-state index is -4.39. The Morgan fingerprint density at radius 2 is 0.982 bits per heavy atom. The van der Waals surface area contributed by atoms with Crippen LogP contribution in [0.4, 0.5) is 0 Å². The van der Waals surface area contributed by atoms with Crippen molar-refractivity contribution < 1.29 is 42.1 Å². The molecular formula is C46H83NO8P+. The van der Waals surface area contributed by atoms with Gasteiger partial charge in [-0.05, 0) is 77.0 Å². The number of nitrogens with zero attached hydrogens (tertiary/aromatic N) is 1. The summed E-state index contributed by atoms with van der Waals surface area (Å²) in [6.45, 7) is 4.30. The fourth-order valence-corrected chi connectivity index (χ4v) is 6.27. The standard InChI is InChI=1S/C46H82NO8P/c1-6-8-10-12-14-16-18-20-22-23-25-27-29-31-33-35-37-39-46(49)55-44(43-54-56(50,51)53-41-40-47(3,4)5)42-52-45(48)38-36-34-32-30-28-26-24-21-19-17-15-13-11-9-7-2/h14,16,20-22,24-25,27,31,33,44H,6-13,15,17-19,23,26,28-30,32,34-43H2,1-5H3/p+1/b16-14-,22-20-,24-21-,27-25-,33-31-. The summed E-state index contributed by atoms with van der Waals surface area (Å²) in [7, 11) is 1.43. The van der Waals surface area contributed by atoms with E-state index in [1.54, 1.807) is 0 Å². The lowest BCUT2D eigenvalue weighted by molar-refractivity contribution is -0.870. The smallest absolute Gasteiger partial charge is 0.462 e.